The number of nitrogens with one attached hydrogen (secondary N) is 3. The summed E-state index contributed by atoms with van der Waals surface area (Å²) in [5.41, 5.74) is 5.50. The van der Waals surface area contributed by atoms with Crippen molar-refractivity contribution >= 4 is 11.8 Å². The van der Waals surface area contributed by atoms with Gasteiger partial charge in [-0.1, -0.05) is 0 Å². The zero-order chi connectivity index (χ0) is 16.8. The quantitative estimate of drug-likeness (QED) is 0.727. The lowest BCUT2D eigenvalue weighted by atomic mass is 10.2. The molecule has 0 aliphatic carbocycles. The highest BCUT2D eigenvalue weighted by Crippen LogP contribution is 2.16. The Kier molecular flexibility index (Phi) is 5.12. The second-order valence-electron chi connectivity index (χ2n) is 5.46. The second-order valence-corrected chi connectivity index (χ2v) is 5.46. The maximum atomic E-state index is 12.0. The molecule has 1 fully saturated rings. The third kappa shape index (κ3) is 4.14. The van der Waals surface area contributed by atoms with E-state index in [9.17, 15) is 9.59 Å². The van der Waals surface area contributed by atoms with Crippen molar-refractivity contribution in [3.63, 3.8) is 0 Å². The van der Waals surface area contributed by atoms with Gasteiger partial charge in [0, 0.05) is 18.4 Å². The molecule has 1 aliphatic rings. The van der Waals surface area contributed by atoms with Gasteiger partial charge >= 0.3 is 0 Å². The molecule has 1 aromatic heterocycles. The zero-order valence-corrected chi connectivity index (χ0v) is 13.1. The van der Waals surface area contributed by atoms with E-state index >= 15 is 0 Å². The molecule has 2 heterocycles. The monoisotopic (exact) mass is 329 g/mol. The van der Waals surface area contributed by atoms with Crippen LogP contribution in [-0.2, 0) is 4.74 Å². The number of benzene rings is 1. The van der Waals surface area contributed by atoms with E-state index in [1.165, 1.54) is 0 Å². The van der Waals surface area contributed by atoms with Crippen LogP contribution in [0.15, 0.2) is 42.6 Å². The standard InChI is InChI=1S/C17H19N3O4/c21-16(19-20-17(22)15-4-1-9-18-15)12-5-7-13(8-6-12)24-11-14-3-2-10-23-14/h1,4-9,14,18H,2-3,10-11H2,(H,19,21)(H,20,22). The third-order valence-electron chi connectivity index (χ3n) is 3.71. The van der Waals surface area contributed by atoms with Crippen LogP contribution >= 0.6 is 0 Å². The highest BCUT2D eigenvalue weighted by Gasteiger charge is 2.16. The molecule has 0 spiro atoms. The van der Waals surface area contributed by atoms with Gasteiger partial charge < -0.3 is 14.5 Å². The number of amides is 2. The first-order valence-electron chi connectivity index (χ1n) is 7.81. The number of aromatic amines is 1. The maximum absolute atomic E-state index is 12.0. The van der Waals surface area contributed by atoms with Crippen molar-refractivity contribution in [3.8, 4) is 5.75 Å². The SMILES string of the molecule is O=C(NNC(=O)c1ccc[nH]1)c1ccc(OCC2CCCO2)cc1. The molecule has 7 heteroatoms. The van der Waals surface area contributed by atoms with Crippen LogP contribution in [0.25, 0.3) is 0 Å². The molecule has 1 aromatic carbocycles. The van der Waals surface area contributed by atoms with E-state index in [1.54, 1.807) is 42.6 Å². The Labute approximate surface area is 139 Å². The fourth-order valence-corrected chi connectivity index (χ4v) is 2.39. The van der Waals surface area contributed by atoms with Crippen molar-refractivity contribution in [3.05, 3.63) is 53.9 Å². The van der Waals surface area contributed by atoms with Gasteiger partial charge in [-0.2, -0.15) is 0 Å². The summed E-state index contributed by atoms with van der Waals surface area (Å²) in [6, 6.07) is 10.0. The molecule has 1 aliphatic heterocycles. The minimum Gasteiger partial charge on any atom is -0.491 e. The zero-order valence-electron chi connectivity index (χ0n) is 13.1. The Bertz CT molecular complexity index is 676. The van der Waals surface area contributed by atoms with Crippen molar-refractivity contribution in [2.45, 2.75) is 18.9 Å². The van der Waals surface area contributed by atoms with Crippen LogP contribution in [0, 0.1) is 0 Å². The largest absolute Gasteiger partial charge is 0.491 e. The van der Waals surface area contributed by atoms with Crippen molar-refractivity contribution < 1.29 is 19.1 Å². The molecule has 7 nitrogen and oxygen atoms in total. The molecule has 0 saturated carbocycles. The lowest BCUT2D eigenvalue weighted by Gasteiger charge is -2.12. The average Bonchev–Trinajstić information content (AvgIpc) is 3.31. The first kappa shape index (κ1) is 16.1. The molecule has 24 heavy (non-hydrogen) atoms. The number of carbonyl (C=O) groups excluding carboxylic acids is 2. The van der Waals surface area contributed by atoms with Gasteiger partial charge in [0.2, 0.25) is 0 Å². The first-order chi connectivity index (χ1) is 11.7. The van der Waals surface area contributed by atoms with Crippen LogP contribution in [0.2, 0.25) is 0 Å². The van der Waals surface area contributed by atoms with Crippen LogP contribution in [0.1, 0.15) is 33.7 Å². The Morgan fingerprint density at radius 3 is 2.62 bits per heavy atom. The summed E-state index contributed by atoms with van der Waals surface area (Å²) < 4.78 is 11.1. The van der Waals surface area contributed by atoms with Crippen LogP contribution < -0.4 is 15.6 Å². The average molecular weight is 329 g/mol. The Balaban J connectivity index is 1.47. The Hall–Kier alpha value is -2.80. The van der Waals surface area contributed by atoms with E-state index in [0.717, 1.165) is 19.4 Å². The number of hydrazine groups is 1. The summed E-state index contributed by atoms with van der Waals surface area (Å²) in [5.74, 6) is -0.136. The van der Waals surface area contributed by atoms with E-state index in [2.05, 4.69) is 15.8 Å². The second kappa shape index (κ2) is 7.65. The van der Waals surface area contributed by atoms with Crippen LogP contribution in [0.3, 0.4) is 0 Å². The van der Waals surface area contributed by atoms with Gasteiger partial charge in [0.25, 0.3) is 11.8 Å². The van der Waals surface area contributed by atoms with Gasteiger partial charge in [-0.25, -0.2) is 0 Å². The molecule has 3 rings (SSSR count). The molecular weight excluding hydrogens is 310 g/mol. The summed E-state index contributed by atoms with van der Waals surface area (Å²) in [6.07, 6.45) is 3.87. The normalized spacial score (nSPS) is 16.6. The lowest BCUT2D eigenvalue weighted by molar-refractivity contribution is 0.0679. The predicted octanol–water partition coefficient (Wildman–Crippen LogP) is 1.65. The molecule has 1 unspecified atom stereocenters. The van der Waals surface area contributed by atoms with E-state index in [0.29, 0.717) is 23.6 Å². The number of carbonyl (C=O) groups is 2. The fraction of sp³-hybridized carbons (Fsp3) is 0.294. The van der Waals surface area contributed by atoms with Crippen molar-refractivity contribution in [2.24, 2.45) is 0 Å². The Morgan fingerprint density at radius 1 is 1.17 bits per heavy atom. The summed E-state index contributed by atoms with van der Waals surface area (Å²) >= 11 is 0. The Morgan fingerprint density at radius 2 is 1.96 bits per heavy atom. The summed E-state index contributed by atoms with van der Waals surface area (Å²) in [6.45, 7) is 1.30. The molecule has 126 valence electrons. The van der Waals surface area contributed by atoms with Gasteiger partial charge in [-0.15, -0.1) is 0 Å². The van der Waals surface area contributed by atoms with E-state index < -0.39 is 11.8 Å². The molecular formula is C17H19N3O4. The van der Waals surface area contributed by atoms with E-state index in [1.807, 2.05) is 0 Å². The highest BCUT2D eigenvalue weighted by atomic mass is 16.5. The maximum Gasteiger partial charge on any atom is 0.286 e. The van der Waals surface area contributed by atoms with Crippen molar-refractivity contribution in [2.75, 3.05) is 13.2 Å². The van der Waals surface area contributed by atoms with E-state index in [-0.39, 0.29) is 6.10 Å². The van der Waals surface area contributed by atoms with Gasteiger partial charge in [0.05, 0.1) is 6.10 Å². The van der Waals surface area contributed by atoms with Gasteiger partial charge in [-0.05, 0) is 49.2 Å². The number of H-pyrrole nitrogens is 1. The summed E-state index contributed by atoms with van der Waals surface area (Å²) in [4.78, 5) is 26.5. The molecule has 2 amide bonds. The molecule has 0 bridgehead atoms. The molecule has 3 N–H and O–H groups in total. The molecule has 1 saturated heterocycles. The minimum absolute atomic E-state index is 0.149. The van der Waals surface area contributed by atoms with Gasteiger partial charge in [0.1, 0.15) is 18.1 Å². The number of hydrogen-bond donors (Lipinski definition) is 3. The topological polar surface area (TPSA) is 92.5 Å². The lowest BCUT2D eigenvalue weighted by Crippen LogP contribution is -2.41. The fourth-order valence-electron chi connectivity index (χ4n) is 2.39. The summed E-state index contributed by atoms with van der Waals surface area (Å²) in [5, 5.41) is 0. The smallest absolute Gasteiger partial charge is 0.286 e. The van der Waals surface area contributed by atoms with Gasteiger partial charge in [-0.3, -0.25) is 20.4 Å². The van der Waals surface area contributed by atoms with Crippen molar-refractivity contribution in [1.29, 1.82) is 0 Å². The number of hydrogen-bond acceptors (Lipinski definition) is 4. The highest BCUT2D eigenvalue weighted by molar-refractivity contribution is 5.98. The number of rotatable bonds is 5. The van der Waals surface area contributed by atoms with Crippen LogP contribution in [-0.4, -0.2) is 36.1 Å². The number of ether oxygens (including phenoxy) is 2. The van der Waals surface area contributed by atoms with Crippen molar-refractivity contribution in [1.82, 2.24) is 15.8 Å². The van der Waals surface area contributed by atoms with Crippen LogP contribution in [0.5, 0.6) is 5.75 Å². The predicted molar refractivity (Wildman–Crippen MR) is 86.6 cm³/mol. The molecule has 0 radical (unpaired) electrons. The number of aromatic nitrogens is 1. The minimum atomic E-state index is -0.412. The van der Waals surface area contributed by atoms with Gasteiger partial charge in [0.15, 0.2) is 0 Å². The first-order valence-corrected chi connectivity index (χ1v) is 7.81. The van der Waals surface area contributed by atoms with E-state index in [4.69, 9.17) is 9.47 Å². The van der Waals surface area contributed by atoms with Crippen LogP contribution in [0.4, 0.5) is 0 Å². The third-order valence-corrected chi connectivity index (χ3v) is 3.71. The molecule has 2 aromatic rings. The molecule has 1 atom stereocenters. The summed E-state index contributed by atoms with van der Waals surface area (Å²) in [7, 11) is 0.